The van der Waals surface area contributed by atoms with Gasteiger partial charge < -0.3 is 4.42 Å². The number of benzene rings is 5. The second-order valence-electron chi connectivity index (χ2n) is 11.7. The van der Waals surface area contributed by atoms with Gasteiger partial charge in [0, 0.05) is 16.5 Å². The second-order valence-corrected chi connectivity index (χ2v) is 11.7. The summed E-state index contributed by atoms with van der Waals surface area (Å²) in [5, 5.41) is 1.10. The van der Waals surface area contributed by atoms with Gasteiger partial charge in [-0.2, -0.15) is 0 Å². The largest absolute Gasteiger partial charge is 0.456 e. The van der Waals surface area contributed by atoms with Crippen molar-refractivity contribution in [3.63, 3.8) is 0 Å². The van der Waals surface area contributed by atoms with E-state index >= 15 is 0 Å². The van der Waals surface area contributed by atoms with Crippen molar-refractivity contribution in [2.45, 2.75) is 39.5 Å². The van der Waals surface area contributed by atoms with Gasteiger partial charge in [0.2, 0.25) is 0 Å². The molecule has 0 saturated heterocycles. The molecule has 2 aromatic heterocycles. The smallest absolute Gasteiger partial charge is 0.145 e. The molecule has 0 fully saturated rings. The summed E-state index contributed by atoms with van der Waals surface area (Å²) in [7, 11) is 0. The van der Waals surface area contributed by atoms with Gasteiger partial charge in [0.25, 0.3) is 0 Å². The molecule has 0 atom stereocenters. The van der Waals surface area contributed by atoms with Crippen LogP contribution in [-0.2, 0) is 0 Å². The van der Waals surface area contributed by atoms with Crippen molar-refractivity contribution in [2.75, 3.05) is 0 Å². The number of aromatic nitrogens is 2. The lowest BCUT2D eigenvalue weighted by Crippen LogP contribution is -2.09. The Hall–Kier alpha value is -4.89. The third-order valence-electron chi connectivity index (χ3n) is 8.14. The fraction of sp³-hybridized carbons (Fsp3) is 0.154. The van der Waals surface area contributed by atoms with E-state index in [0.29, 0.717) is 11.8 Å². The maximum absolute atomic E-state index is 6.25. The predicted molar refractivity (Wildman–Crippen MR) is 175 cm³/mol. The van der Waals surface area contributed by atoms with Crippen LogP contribution in [0, 0.1) is 0 Å². The molecule has 2 heterocycles. The highest BCUT2D eigenvalue weighted by molar-refractivity contribution is 5.87. The number of fused-ring (bicyclic) bond motifs is 2. The van der Waals surface area contributed by atoms with Crippen LogP contribution in [0.1, 0.15) is 50.7 Å². The third-order valence-corrected chi connectivity index (χ3v) is 8.14. The molecule has 0 unspecified atom stereocenters. The molecule has 7 rings (SSSR count). The monoisotopic (exact) mass is 546 g/mol. The van der Waals surface area contributed by atoms with Gasteiger partial charge in [-0.3, -0.25) is 4.57 Å². The first-order valence-electron chi connectivity index (χ1n) is 14.8. The van der Waals surface area contributed by atoms with Crippen molar-refractivity contribution in [1.29, 1.82) is 0 Å². The Labute approximate surface area is 247 Å². The zero-order valence-corrected chi connectivity index (χ0v) is 24.5. The van der Waals surface area contributed by atoms with E-state index in [2.05, 4.69) is 135 Å². The summed E-state index contributed by atoms with van der Waals surface area (Å²) in [5.41, 5.74) is 11.4. The van der Waals surface area contributed by atoms with Crippen LogP contribution >= 0.6 is 0 Å². The summed E-state index contributed by atoms with van der Waals surface area (Å²) < 4.78 is 8.64. The topological polar surface area (TPSA) is 31.0 Å². The Morgan fingerprint density at radius 2 is 1.21 bits per heavy atom. The van der Waals surface area contributed by atoms with Gasteiger partial charge in [-0.15, -0.1) is 0 Å². The van der Waals surface area contributed by atoms with Gasteiger partial charge in [0.05, 0.1) is 16.7 Å². The molecule has 0 radical (unpaired) electrons. The molecule has 42 heavy (non-hydrogen) atoms. The van der Waals surface area contributed by atoms with Crippen LogP contribution < -0.4 is 0 Å². The van der Waals surface area contributed by atoms with Crippen molar-refractivity contribution < 1.29 is 4.42 Å². The zero-order chi connectivity index (χ0) is 28.8. The molecule has 0 N–H and O–H groups in total. The molecule has 0 saturated carbocycles. The molecule has 0 amide bonds. The lowest BCUT2D eigenvalue weighted by atomic mass is 9.88. The van der Waals surface area contributed by atoms with Crippen LogP contribution in [-0.4, -0.2) is 9.55 Å². The Morgan fingerprint density at radius 3 is 1.95 bits per heavy atom. The minimum atomic E-state index is 0.317. The Bertz CT molecular complexity index is 1980. The number of hydrogen-bond acceptors (Lipinski definition) is 2. The van der Waals surface area contributed by atoms with Gasteiger partial charge >= 0.3 is 0 Å². The fourth-order valence-electron chi connectivity index (χ4n) is 6.00. The molecule has 3 heteroatoms. The van der Waals surface area contributed by atoms with Gasteiger partial charge in [0.15, 0.2) is 0 Å². The maximum Gasteiger partial charge on any atom is 0.145 e. The van der Waals surface area contributed by atoms with E-state index in [1.165, 1.54) is 27.9 Å². The van der Waals surface area contributed by atoms with E-state index in [9.17, 15) is 0 Å². The first kappa shape index (κ1) is 26.0. The summed E-state index contributed by atoms with van der Waals surface area (Å²) in [4.78, 5) is 5.25. The highest BCUT2D eigenvalue weighted by atomic mass is 16.3. The van der Waals surface area contributed by atoms with E-state index in [0.717, 1.165) is 44.7 Å². The summed E-state index contributed by atoms with van der Waals surface area (Å²) in [5.74, 6) is 2.43. The van der Waals surface area contributed by atoms with E-state index < -0.39 is 0 Å². The van der Waals surface area contributed by atoms with Crippen LogP contribution in [0.4, 0.5) is 0 Å². The molecule has 5 aromatic carbocycles. The average molecular weight is 547 g/mol. The first-order chi connectivity index (χ1) is 20.5. The first-order valence-corrected chi connectivity index (χ1v) is 14.8. The standard InChI is InChI=1S/C39H34N2O/c1-25(2)32-22-31(27-13-6-5-7-14-27)23-33(26(3)4)38(32)41-35-19-10-9-18-34(35)40-39(41)30-17-12-16-28(21-30)37-24-29-15-8-11-20-36(29)42-37/h5-26H,1-4H3. The maximum atomic E-state index is 6.25. The van der Waals surface area contributed by atoms with Crippen molar-refractivity contribution >= 4 is 22.0 Å². The number of imidazole rings is 1. The Balaban J connectivity index is 1.49. The zero-order valence-electron chi connectivity index (χ0n) is 24.5. The van der Waals surface area contributed by atoms with E-state index in [-0.39, 0.29) is 0 Å². The normalized spacial score (nSPS) is 11.8. The van der Waals surface area contributed by atoms with Crippen LogP contribution in [0.5, 0.6) is 0 Å². The summed E-state index contributed by atoms with van der Waals surface area (Å²) in [6.45, 7) is 9.16. The number of nitrogens with zero attached hydrogens (tertiary/aromatic N) is 2. The van der Waals surface area contributed by atoms with Gasteiger partial charge in [0.1, 0.15) is 17.2 Å². The van der Waals surface area contributed by atoms with Crippen molar-refractivity contribution in [3.8, 4) is 39.5 Å². The molecule has 0 spiro atoms. The quantitative estimate of drug-likeness (QED) is 0.208. The SMILES string of the molecule is CC(C)c1cc(-c2ccccc2)cc(C(C)C)c1-n1c(-c2cccc(-c3cc4ccccc4o3)c2)nc2ccccc21. The summed E-state index contributed by atoms with van der Waals surface area (Å²) in [6, 6.07) is 42.8. The summed E-state index contributed by atoms with van der Waals surface area (Å²) in [6.07, 6.45) is 0. The molecule has 0 bridgehead atoms. The third kappa shape index (κ3) is 4.52. The van der Waals surface area contributed by atoms with E-state index in [1.54, 1.807) is 0 Å². The number of rotatable bonds is 6. The Kier molecular flexibility index (Phi) is 6.51. The fourth-order valence-corrected chi connectivity index (χ4v) is 6.00. The number of furan rings is 1. The lowest BCUT2D eigenvalue weighted by Gasteiger charge is -2.24. The van der Waals surface area contributed by atoms with Crippen LogP contribution in [0.3, 0.4) is 0 Å². The molecule has 206 valence electrons. The van der Waals surface area contributed by atoms with Crippen molar-refractivity contribution in [2.24, 2.45) is 0 Å². The van der Waals surface area contributed by atoms with Crippen LogP contribution in [0.2, 0.25) is 0 Å². The van der Waals surface area contributed by atoms with E-state index in [4.69, 9.17) is 9.40 Å². The molecule has 0 aliphatic heterocycles. The van der Waals surface area contributed by atoms with Crippen LogP contribution in [0.15, 0.2) is 126 Å². The number of hydrogen-bond donors (Lipinski definition) is 0. The molecular weight excluding hydrogens is 512 g/mol. The molecule has 0 aliphatic carbocycles. The highest BCUT2D eigenvalue weighted by Gasteiger charge is 2.23. The summed E-state index contributed by atoms with van der Waals surface area (Å²) >= 11 is 0. The minimum absolute atomic E-state index is 0.317. The Morgan fingerprint density at radius 1 is 0.571 bits per heavy atom. The molecule has 0 aliphatic rings. The van der Waals surface area contributed by atoms with Crippen LogP contribution in [0.25, 0.3) is 61.5 Å². The average Bonchev–Trinajstić information content (AvgIpc) is 3.63. The van der Waals surface area contributed by atoms with Gasteiger partial charge in [-0.1, -0.05) is 107 Å². The van der Waals surface area contributed by atoms with Gasteiger partial charge in [-0.25, -0.2) is 4.98 Å². The molecular formula is C39H34N2O. The number of para-hydroxylation sites is 3. The highest BCUT2D eigenvalue weighted by Crippen LogP contribution is 2.40. The second kappa shape index (κ2) is 10.5. The van der Waals surface area contributed by atoms with E-state index in [1.807, 2.05) is 18.2 Å². The van der Waals surface area contributed by atoms with Gasteiger partial charge in [-0.05, 0) is 76.6 Å². The van der Waals surface area contributed by atoms with Crippen molar-refractivity contribution in [3.05, 3.63) is 132 Å². The molecule has 3 nitrogen and oxygen atoms in total. The molecule has 7 aromatic rings. The lowest BCUT2D eigenvalue weighted by molar-refractivity contribution is 0.631. The minimum Gasteiger partial charge on any atom is -0.456 e. The predicted octanol–water partition coefficient (Wildman–Crippen LogP) is 11.0. The van der Waals surface area contributed by atoms with Crippen molar-refractivity contribution in [1.82, 2.24) is 9.55 Å².